The third-order valence-corrected chi connectivity index (χ3v) is 3.21. The van der Waals surface area contributed by atoms with Crippen molar-refractivity contribution in [2.45, 2.75) is 6.10 Å². The topological polar surface area (TPSA) is 75.1 Å². The smallest absolute Gasteiger partial charge is 0.190 e. The number of halogens is 1. The minimum absolute atomic E-state index is 0.309. The Morgan fingerprint density at radius 3 is 2.90 bits per heavy atom. The zero-order chi connectivity index (χ0) is 14.5. The van der Waals surface area contributed by atoms with Crippen LogP contribution in [0.25, 0.3) is 0 Å². The van der Waals surface area contributed by atoms with Gasteiger partial charge < -0.3 is 25.2 Å². The molecular formula is C13H18ClN3O3. The van der Waals surface area contributed by atoms with E-state index in [0.29, 0.717) is 47.8 Å². The summed E-state index contributed by atoms with van der Waals surface area (Å²) in [6.45, 7) is 1.27. The molecule has 1 aromatic carbocycles. The van der Waals surface area contributed by atoms with Crippen LogP contribution in [-0.2, 0) is 0 Å². The standard InChI is InChI=1S/C13H18ClN3O3/c1-15-13(16-2)17-7-10(18)8-5-9(14)12-11(6-8)19-3-4-20-12/h5-6,10,18H,3-4,7H2,1-2H3,(H2,15,16,17). The van der Waals surface area contributed by atoms with Crippen LogP contribution >= 0.6 is 11.6 Å². The number of hydrogen-bond donors (Lipinski definition) is 3. The van der Waals surface area contributed by atoms with Crippen molar-refractivity contribution >= 4 is 17.6 Å². The van der Waals surface area contributed by atoms with Crippen molar-refractivity contribution in [2.24, 2.45) is 4.99 Å². The van der Waals surface area contributed by atoms with E-state index in [1.54, 1.807) is 26.2 Å². The van der Waals surface area contributed by atoms with E-state index in [0.717, 1.165) is 0 Å². The zero-order valence-corrected chi connectivity index (χ0v) is 12.2. The Balaban J connectivity index is 2.10. The first kappa shape index (κ1) is 14.7. The first-order valence-electron chi connectivity index (χ1n) is 6.31. The van der Waals surface area contributed by atoms with Crippen molar-refractivity contribution < 1.29 is 14.6 Å². The Kier molecular flexibility index (Phi) is 4.92. The molecule has 1 aromatic rings. The normalized spacial score (nSPS) is 15.7. The molecule has 6 nitrogen and oxygen atoms in total. The maximum Gasteiger partial charge on any atom is 0.190 e. The Hall–Kier alpha value is -1.66. The molecule has 0 saturated carbocycles. The van der Waals surface area contributed by atoms with E-state index in [9.17, 15) is 5.11 Å². The summed E-state index contributed by atoms with van der Waals surface area (Å²) in [5.41, 5.74) is 0.665. The molecule has 110 valence electrons. The van der Waals surface area contributed by atoms with Gasteiger partial charge in [-0.3, -0.25) is 4.99 Å². The number of aliphatic hydroxyl groups is 1. The fourth-order valence-electron chi connectivity index (χ4n) is 1.91. The van der Waals surface area contributed by atoms with Crippen LogP contribution in [0.4, 0.5) is 0 Å². The molecular weight excluding hydrogens is 282 g/mol. The van der Waals surface area contributed by atoms with Crippen molar-refractivity contribution in [1.29, 1.82) is 0 Å². The predicted molar refractivity (Wildman–Crippen MR) is 77.8 cm³/mol. The number of rotatable bonds is 3. The molecule has 1 unspecified atom stereocenters. The first-order chi connectivity index (χ1) is 9.65. The van der Waals surface area contributed by atoms with Crippen molar-refractivity contribution in [3.63, 3.8) is 0 Å². The van der Waals surface area contributed by atoms with E-state index in [1.165, 1.54) is 0 Å². The van der Waals surface area contributed by atoms with E-state index in [2.05, 4.69) is 15.6 Å². The lowest BCUT2D eigenvalue weighted by Gasteiger charge is -2.22. The predicted octanol–water partition coefficient (Wildman–Crippen LogP) is 0.939. The molecule has 0 aliphatic carbocycles. The molecule has 0 bridgehead atoms. The van der Waals surface area contributed by atoms with Crippen molar-refractivity contribution in [3.05, 3.63) is 22.7 Å². The van der Waals surface area contributed by atoms with Crippen molar-refractivity contribution in [3.8, 4) is 11.5 Å². The number of hydrogen-bond acceptors (Lipinski definition) is 4. The van der Waals surface area contributed by atoms with Gasteiger partial charge in [-0.25, -0.2) is 0 Å². The third-order valence-electron chi connectivity index (χ3n) is 2.93. The highest BCUT2D eigenvalue weighted by Crippen LogP contribution is 2.39. The van der Waals surface area contributed by atoms with Crippen molar-refractivity contribution in [1.82, 2.24) is 10.6 Å². The highest BCUT2D eigenvalue weighted by molar-refractivity contribution is 6.32. The summed E-state index contributed by atoms with van der Waals surface area (Å²) >= 11 is 6.14. The van der Waals surface area contributed by atoms with Crippen LogP contribution in [0.15, 0.2) is 17.1 Å². The second-order valence-electron chi connectivity index (χ2n) is 4.25. The molecule has 7 heteroatoms. The monoisotopic (exact) mass is 299 g/mol. The molecule has 1 heterocycles. The van der Waals surface area contributed by atoms with E-state index in [1.807, 2.05) is 0 Å². The zero-order valence-electron chi connectivity index (χ0n) is 11.4. The molecule has 0 saturated heterocycles. The van der Waals surface area contributed by atoms with Gasteiger partial charge in [0.1, 0.15) is 13.2 Å². The molecule has 20 heavy (non-hydrogen) atoms. The minimum atomic E-state index is -0.728. The number of nitrogens with zero attached hydrogens (tertiary/aromatic N) is 1. The molecule has 0 aromatic heterocycles. The van der Waals surface area contributed by atoms with Crippen molar-refractivity contribution in [2.75, 3.05) is 33.9 Å². The van der Waals surface area contributed by atoms with Gasteiger partial charge in [0.2, 0.25) is 0 Å². The van der Waals surface area contributed by atoms with E-state index in [4.69, 9.17) is 21.1 Å². The summed E-state index contributed by atoms with van der Waals surface area (Å²) in [5.74, 6) is 1.70. The molecule has 1 atom stereocenters. The second kappa shape index (κ2) is 6.67. The minimum Gasteiger partial charge on any atom is -0.486 e. The highest BCUT2D eigenvalue weighted by atomic mass is 35.5. The number of aliphatic imine (C=N–C) groups is 1. The molecule has 0 spiro atoms. The van der Waals surface area contributed by atoms with Gasteiger partial charge in [0, 0.05) is 20.6 Å². The highest BCUT2D eigenvalue weighted by Gasteiger charge is 2.19. The largest absolute Gasteiger partial charge is 0.486 e. The average molecular weight is 300 g/mol. The number of benzene rings is 1. The van der Waals surface area contributed by atoms with Crippen LogP contribution in [0.1, 0.15) is 11.7 Å². The summed E-state index contributed by atoms with van der Waals surface area (Å²) in [7, 11) is 3.41. The van der Waals surface area contributed by atoms with Gasteiger partial charge >= 0.3 is 0 Å². The molecule has 0 amide bonds. The second-order valence-corrected chi connectivity index (χ2v) is 4.65. The lowest BCUT2D eigenvalue weighted by Crippen LogP contribution is -2.37. The summed E-state index contributed by atoms with van der Waals surface area (Å²) < 4.78 is 10.9. The van der Waals surface area contributed by atoms with Crippen LogP contribution in [0.5, 0.6) is 11.5 Å². The summed E-state index contributed by atoms with van der Waals surface area (Å²) in [5, 5.41) is 16.5. The number of guanidine groups is 1. The molecule has 3 N–H and O–H groups in total. The maximum atomic E-state index is 10.2. The van der Waals surface area contributed by atoms with Gasteiger partial charge in [0.05, 0.1) is 11.1 Å². The van der Waals surface area contributed by atoms with Gasteiger partial charge in [-0.1, -0.05) is 11.6 Å². The van der Waals surface area contributed by atoms with Gasteiger partial charge in [0.15, 0.2) is 17.5 Å². The van der Waals surface area contributed by atoms with Gasteiger partial charge in [-0.15, -0.1) is 0 Å². The van der Waals surface area contributed by atoms with Crippen LogP contribution in [-0.4, -0.2) is 44.9 Å². The molecule has 0 radical (unpaired) electrons. The summed E-state index contributed by atoms with van der Waals surface area (Å²) in [6.07, 6.45) is -0.728. The van der Waals surface area contributed by atoms with Crippen LogP contribution in [0, 0.1) is 0 Å². The van der Waals surface area contributed by atoms with Crippen LogP contribution in [0.3, 0.4) is 0 Å². The SMILES string of the molecule is CN=C(NC)NCC(O)c1cc(Cl)c2c(c1)OCCO2. The van der Waals surface area contributed by atoms with E-state index >= 15 is 0 Å². The Bertz CT molecular complexity index is 508. The van der Waals surface area contributed by atoms with Crippen LogP contribution in [0.2, 0.25) is 5.02 Å². The fraction of sp³-hybridized carbons (Fsp3) is 0.462. The summed E-state index contributed by atoms with van der Waals surface area (Å²) in [6, 6.07) is 3.43. The molecule has 1 aliphatic rings. The quantitative estimate of drug-likeness (QED) is 0.572. The van der Waals surface area contributed by atoms with E-state index < -0.39 is 6.10 Å². The number of fused-ring (bicyclic) bond motifs is 1. The third kappa shape index (κ3) is 3.26. The average Bonchev–Trinajstić information content (AvgIpc) is 2.48. The molecule has 2 rings (SSSR count). The number of aliphatic hydroxyl groups excluding tert-OH is 1. The number of nitrogens with one attached hydrogen (secondary N) is 2. The lowest BCUT2D eigenvalue weighted by molar-refractivity contribution is 0.165. The van der Waals surface area contributed by atoms with Gasteiger partial charge in [-0.2, -0.15) is 0 Å². The number of ether oxygens (including phenoxy) is 2. The Morgan fingerprint density at radius 1 is 1.45 bits per heavy atom. The maximum absolute atomic E-state index is 10.2. The molecule has 1 aliphatic heterocycles. The van der Waals surface area contributed by atoms with E-state index in [-0.39, 0.29) is 0 Å². The lowest BCUT2D eigenvalue weighted by atomic mass is 10.1. The summed E-state index contributed by atoms with van der Waals surface area (Å²) in [4.78, 5) is 3.97. The first-order valence-corrected chi connectivity index (χ1v) is 6.69. The Labute approximate surface area is 122 Å². The molecule has 0 fully saturated rings. The Morgan fingerprint density at radius 2 is 2.20 bits per heavy atom. The van der Waals surface area contributed by atoms with Crippen LogP contribution < -0.4 is 20.1 Å². The fourth-order valence-corrected chi connectivity index (χ4v) is 2.19. The van der Waals surface area contributed by atoms with Gasteiger partial charge in [0.25, 0.3) is 0 Å². The van der Waals surface area contributed by atoms with Gasteiger partial charge in [-0.05, 0) is 17.7 Å².